The Hall–Kier alpha value is -3.48. The van der Waals surface area contributed by atoms with Crippen molar-refractivity contribution in [3.8, 4) is 5.75 Å². The number of aryl methyl sites for hydroxylation is 1. The van der Waals surface area contributed by atoms with Gasteiger partial charge in [-0.3, -0.25) is 4.79 Å². The van der Waals surface area contributed by atoms with Gasteiger partial charge in [-0.15, -0.1) is 0 Å². The molecule has 0 aliphatic carbocycles. The first kappa shape index (κ1) is 17.9. The van der Waals surface area contributed by atoms with Gasteiger partial charge in [0.15, 0.2) is 0 Å². The van der Waals surface area contributed by atoms with E-state index in [2.05, 4.69) is 10.4 Å². The van der Waals surface area contributed by atoms with Crippen LogP contribution in [0.25, 0.3) is 0 Å². The molecule has 7 heteroatoms. The van der Waals surface area contributed by atoms with Crippen molar-refractivity contribution in [3.05, 3.63) is 72.1 Å². The highest BCUT2D eigenvalue weighted by molar-refractivity contribution is 6.01. The average Bonchev–Trinajstić information content (AvgIpc) is 3.47. The third kappa shape index (κ3) is 3.51. The van der Waals surface area contributed by atoms with Crippen LogP contribution in [0.3, 0.4) is 0 Å². The van der Waals surface area contributed by atoms with E-state index >= 15 is 0 Å². The summed E-state index contributed by atoms with van der Waals surface area (Å²) in [5.41, 5.74) is 2.59. The van der Waals surface area contributed by atoms with Crippen molar-refractivity contribution in [2.75, 3.05) is 19.0 Å². The van der Waals surface area contributed by atoms with E-state index in [-0.39, 0.29) is 18.5 Å². The van der Waals surface area contributed by atoms with Crippen molar-refractivity contribution in [1.29, 1.82) is 0 Å². The molecule has 1 atom stereocenters. The number of hydrogen-bond donors (Lipinski definition) is 1. The van der Waals surface area contributed by atoms with Gasteiger partial charge in [-0.1, -0.05) is 0 Å². The molecule has 3 heterocycles. The monoisotopic (exact) mass is 379 g/mol. The molecule has 1 N–H and O–H groups in total. The SMILES string of the molecule is COc1ccc(NCC(=O)N2N=C(c3ccco3)CC2c2ccco2)c(C)c1. The number of hydrazone groups is 1. The summed E-state index contributed by atoms with van der Waals surface area (Å²) in [6, 6.07) is 12.7. The zero-order valence-electron chi connectivity index (χ0n) is 15.7. The third-order valence-corrected chi connectivity index (χ3v) is 4.71. The number of carbonyl (C=O) groups is 1. The highest BCUT2D eigenvalue weighted by Crippen LogP contribution is 2.33. The fraction of sp³-hybridized carbons (Fsp3) is 0.238. The molecule has 28 heavy (non-hydrogen) atoms. The molecule has 7 nitrogen and oxygen atoms in total. The molecule has 0 bridgehead atoms. The number of nitrogens with zero attached hydrogens (tertiary/aromatic N) is 2. The van der Waals surface area contributed by atoms with Crippen LogP contribution in [-0.4, -0.2) is 30.3 Å². The van der Waals surface area contributed by atoms with Crippen molar-refractivity contribution in [2.24, 2.45) is 5.10 Å². The van der Waals surface area contributed by atoms with Crippen LogP contribution in [-0.2, 0) is 4.79 Å². The molecule has 0 fully saturated rings. The quantitative estimate of drug-likeness (QED) is 0.701. The highest BCUT2D eigenvalue weighted by atomic mass is 16.5. The first-order valence-electron chi connectivity index (χ1n) is 9.01. The van der Waals surface area contributed by atoms with E-state index < -0.39 is 0 Å². The lowest BCUT2D eigenvalue weighted by Crippen LogP contribution is -2.32. The van der Waals surface area contributed by atoms with E-state index in [0.717, 1.165) is 22.7 Å². The van der Waals surface area contributed by atoms with Gasteiger partial charge in [-0.25, -0.2) is 5.01 Å². The molecule has 1 aromatic carbocycles. The normalized spacial score (nSPS) is 16.1. The minimum Gasteiger partial charge on any atom is -0.497 e. The minimum atomic E-state index is -0.290. The van der Waals surface area contributed by atoms with Gasteiger partial charge in [0.25, 0.3) is 5.91 Å². The lowest BCUT2D eigenvalue weighted by atomic mass is 10.1. The lowest BCUT2D eigenvalue weighted by molar-refractivity contribution is -0.131. The number of furan rings is 2. The first-order chi connectivity index (χ1) is 13.7. The summed E-state index contributed by atoms with van der Waals surface area (Å²) in [5.74, 6) is 1.97. The van der Waals surface area contributed by atoms with Crippen molar-refractivity contribution < 1.29 is 18.4 Å². The Labute approximate surface area is 162 Å². The molecule has 0 radical (unpaired) electrons. The predicted molar refractivity (Wildman–Crippen MR) is 104 cm³/mol. The minimum absolute atomic E-state index is 0.110. The second kappa shape index (κ2) is 7.64. The summed E-state index contributed by atoms with van der Waals surface area (Å²) in [6.07, 6.45) is 3.73. The zero-order chi connectivity index (χ0) is 19.5. The molecular formula is C21H21N3O4. The van der Waals surface area contributed by atoms with Crippen LogP contribution in [0, 0.1) is 6.92 Å². The Balaban J connectivity index is 1.52. The predicted octanol–water partition coefficient (Wildman–Crippen LogP) is 3.98. The smallest absolute Gasteiger partial charge is 0.262 e. The number of carbonyl (C=O) groups excluding carboxylic acids is 1. The second-order valence-corrected chi connectivity index (χ2v) is 6.53. The van der Waals surface area contributed by atoms with Gasteiger partial charge in [0, 0.05) is 12.1 Å². The molecule has 0 saturated heterocycles. The molecule has 144 valence electrons. The molecule has 1 amide bonds. The summed E-state index contributed by atoms with van der Waals surface area (Å²) in [5, 5.41) is 9.18. The Morgan fingerprint density at radius 3 is 2.75 bits per heavy atom. The Kier molecular flexibility index (Phi) is 4.89. The van der Waals surface area contributed by atoms with Crippen LogP contribution in [0.2, 0.25) is 0 Å². The summed E-state index contributed by atoms with van der Waals surface area (Å²) < 4.78 is 16.2. The summed E-state index contributed by atoms with van der Waals surface area (Å²) in [7, 11) is 1.63. The van der Waals surface area contributed by atoms with Crippen LogP contribution >= 0.6 is 0 Å². The van der Waals surface area contributed by atoms with Crippen LogP contribution in [0.1, 0.15) is 29.5 Å². The molecule has 1 aliphatic heterocycles. The maximum absolute atomic E-state index is 12.9. The number of methoxy groups -OCH3 is 1. The summed E-state index contributed by atoms with van der Waals surface area (Å²) in [4.78, 5) is 12.9. The number of rotatable bonds is 6. The van der Waals surface area contributed by atoms with Crippen molar-refractivity contribution in [2.45, 2.75) is 19.4 Å². The van der Waals surface area contributed by atoms with Crippen LogP contribution in [0.15, 0.2) is 68.9 Å². The van der Waals surface area contributed by atoms with Gasteiger partial charge in [-0.05, 0) is 55.0 Å². The zero-order valence-corrected chi connectivity index (χ0v) is 15.7. The maximum Gasteiger partial charge on any atom is 0.262 e. The molecule has 1 unspecified atom stereocenters. The average molecular weight is 379 g/mol. The molecule has 3 aromatic rings. The van der Waals surface area contributed by atoms with E-state index in [1.165, 1.54) is 5.01 Å². The molecule has 0 spiro atoms. The molecule has 0 saturated carbocycles. The van der Waals surface area contributed by atoms with Crippen molar-refractivity contribution >= 4 is 17.3 Å². The fourth-order valence-corrected chi connectivity index (χ4v) is 3.25. The second-order valence-electron chi connectivity index (χ2n) is 6.53. The molecule has 4 rings (SSSR count). The maximum atomic E-state index is 12.9. The van der Waals surface area contributed by atoms with E-state index in [4.69, 9.17) is 13.6 Å². The standard InChI is InChI=1S/C21H21N3O4/c1-14-11-15(26-2)7-8-16(14)22-13-21(25)24-18(20-6-4-10-28-20)12-17(23-24)19-5-3-9-27-19/h3-11,18,22H,12-13H2,1-2H3. The molecule has 1 aliphatic rings. The van der Waals surface area contributed by atoms with E-state index in [1.54, 1.807) is 25.7 Å². The number of hydrogen-bond acceptors (Lipinski definition) is 6. The number of benzene rings is 1. The van der Waals surface area contributed by atoms with Gasteiger partial charge in [0.2, 0.25) is 0 Å². The first-order valence-corrected chi connectivity index (χ1v) is 9.01. The van der Waals surface area contributed by atoms with Crippen molar-refractivity contribution in [1.82, 2.24) is 5.01 Å². The van der Waals surface area contributed by atoms with Gasteiger partial charge < -0.3 is 18.9 Å². The van der Waals surface area contributed by atoms with E-state index in [9.17, 15) is 4.79 Å². The Bertz CT molecular complexity index is 977. The topological polar surface area (TPSA) is 80.2 Å². The van der Waals surface area contributed by atoms with Gasteiger partial charge in [-0.2, -0.15) is 5.10 Å². The van der Waals surface area contributed by atoms with Gasteiger partial charge >= 0.3 is 0 Å². The highest BCUT2D eigenvalue weighted by Gasteiger charge is 2.35. The van der Waals surface area contributed by atoms with Crippen LogP contribution in [0.5, 0.6) is 5.75 Å². The number of ether oxygens (including phenoxy) is 1. The summed E-state index contributed by atoms with van der Waals surface area (Å²) >= 11 is 0. The van der Waals surface area contributed by atoms with Crippen molar-refractivity contribution in [3.63, 3.8) is 0 Å². The molecule has 2 aromatic heterocycles. The van der Waals surface area contributed by atoms with Crippen LogP contribution < -0.4 is 10.1 Å². The number of anilines is 1. The number of nitrogens with one attached hydrogen (secondary N) is 1. The third-order valence-electron chi connectivity index (χ3n) is 4.71. The lowest BCUT2D eigenvalue weighted by Gasteiger charge is -2.20. The molecular weight excluding hydrogens is 358 g/mol. The van der Waals surface area contributed by atoms with E-state index in [0.29, 0.717) is 17.9 Å². The Morgan fingerprint density at radius 2 is 2.07 bits per heavy atom. The largest absolute Gasteiger partial charge is 0.497 e. The van der Waals surface area contributed by atoms with Gasteiger partial charge in [0.1, 0.15) is 29.0 Å². The number of amides is 1. The summed E-state index contributed by atoms with van der Waals surface area (Å²) in [6.45, 7) is 2.07. The van der Waals surface area contributed by atoms with Gasteiger partial charge in [0.05, 0.1) is 26.2 Å². The van der Waals surface area contributed by atoms with E-state index in [1.807, 2.05) is 43.3 Å². The fourth-order valence-electron chi connectivity index (χ4n) is 3.25. The Morgan fingerprint density at radius 1 is 1.25 bits per heavy atom. The van der Waals surface area contributed by atoms with Crippen LogP contribution in [0.4, 0.5) is 5.69 Å².